The van der Waals surface area contributed by atoms with Gasteiger partial charge in [0.1, 0.15) is 0 Å². The average molecular weight is 342 g/mol. The minimum atomic E-state index is 0.843. The van der Waals surface area contributed by atoms with Crippen molar-refractivity contribution in [2.75, 3.05) is 24.7 Å². The van der Waals surface area contributed by atoms with E-state index in [4.69, 9.17) is 0 Å². The molecule has 0 aliphatic rings. The van der Waals surface area contributed by atoms with Gasteiger partial charge in [0.2, 0.25) is 0 Å². The minimum absolute atomic E-state index is 0.843. The van der Waals surface area contributed by atoms with Gasteiger partial charge in [-0.25, -0.2) is 0 Å². The van der Waals surface area contributed by atoms with Gasteiger partial charge in [0.15, 0.2) is 0 Å². The first kappa shape index (κ1) is 17.4. The molecule has 2 N–H and O–H groups in total. The van der Waals surface area contributed by atoms with Gasteiger partial charge in [-0.05, 0) is 23.3 Å². The van der Waals surface area contributed by atoms with E-state index >= 15 is 0 Å². The SMILES string of the molecule is CNc1cc(NC)c(/N=C/c2ccccc2)cc1/N=C/c1ccccc1. The maximum absolute atomic E-state index is 4.65. The van der Waals surface area contributed by atoms with E-state index in [2.05, 4.69) is 20.6 Å². The smallest absolute Gasteiger partial charge is 0.0884 e. The molecule has 26 heavy (non-hydrogen) atoms. The van der Waals surface area contributed by atoms with Crippen molar-refractivity contribution in [2.24, 2.45) is 9.98 Å². The summed E-state index contributed by atoms with van der Waals surface area (Å²) < 4.78 is 0. The summed E-state index contributed by atoms with van der Waals surface area (Å²) in [5.74, 6) is 0. The molecule has 0 heterocycles. The summed E-state index contributed by atoms with van der Waals surface area (Å²) in [5, 5.41) is 6.40. The van der Waals surface area contributed by atoms with Crippen molar-refractivity contribution in [1.82, 2.24) is 0 Å². The number of rotatable bonds is 6. The maximum atomic E-state index is 4.65. The Morgan fingerprint density at radius 3 is 1.42 bits per heavy atom. The monoisotopic (exact) mass is 342 g/mol. The maximum Gasteiger partial charge on any atom is 0.0884 e. The highest BCUT2D eigenvalue weighted by molar-refractivity contribution is 5.90. The lowest BCUT2D eigenvalue weighted by atomic mass is 10.2. The van der Waals surface area contributed by atoms with Crippen LogP contribution in [0, 0.1) is 0 Å². The van der Waals surface area contributed by atoms with Crippen molar-refractivity contribution < 1.29 is 0 Å². The van der Waals surface area contributed by atoms with E-state index in [0.29, 0.717) is 0 Å². The van der Waals surface area contributed by atoms with E-state index in [1.54, 1.807) is 0 Å². The molecule has 0 saturated carbocycles. The normalized spacial score (nSPS) is 11.2. The van der Waals surface area contributed by atoms with Crippen LogP contribution in [-0.2, 0) is 0 Å². The van der Waals surface area contributed by atoms with Crippen LogP contribution in [0.3, 0.4) is 0 Å². The van der Waals surface area contributed by atoms with Gasteiger partial charge in [-0.1, -0.05) is 60.7 Å². The molecule has 0 radical (unpaired) electrons. The van der Waals surface area contributed by atoms with E-state index in [-0.39, 0.29) is 0 Å². The molecule has 4 nitrogen and oxygen atoms in total. The standard InChI is InChI=1S/C22H22N4/c1-23-19-13-20(24-2)22(26-16-18-11-7-4-8-12-18)14-21(19)25-15-17-9-5-3-6-10-17/h3-16,23-24H,1-2H3/b25-15+,26-16+. The molecule has 0 aromatic heterocycles. The zero-order valence-electron chi connectivity index (χ0n) is 15.0. The lowest BCUT2D eigenvalue weighted by molar-refractivity contribution is 1.40. The Kier molecular flexibility index (Phi) is 5.78. The van der Waals surface area contributed by atoms with Gasteiger partial charge < -0.3 is 10.6 Å². The average Bonchev–Trinajstić information content (AvgIpc) is 2.72. The number of nitrogens with zero attached hydrogens (tertiary/aromatic N) is 2. The van der Waals surface area contributed by atoms with Gasteiger partial charge in [-0.2, -0.15) is 0 Å². The van der Waals surface area contributed by atoms with Crippen LogP contribution in [0.5, 0.6) is 0 Å². The van der Waals surface area contributed by atoms with E-state index < -0.39 is 0 Å². The molecular weight excluding hydrogens is 320 g/mol. The van der Waals surface area contributed by atoms with Crippen molar-refractivity contribution in [3.63, 3.8) is 0 Å². The van der Waals surface area contributed by atoms with Crippen LogP contribution in [0.15, 0.2) is 82.8 Å². The third-order valence-electron chi connectivity index (χ3n) is 3.96. The van der Waals surface area contributed by atoms with Gasteiger partial charge in [-0.15, -0.1) is 0 Å². The number of nitrogens with one attached hydrogen (secondary N) is 2. The van der Waals surface area contributed by atoms with Crippen molar-refractivity contribution in [3.05, 3.63) is 83.9 Å². The first-order chi connectivity index (χ1) is 12.8. The topological polar surface area (TPSA) is 48.8 Å². The van der Waals surface area contributed by atoms with E-state index in [1.807, 2.05) is 99.3 Å². The van der Waals surface area contributed by atoms with Gasteiger partial charge in [0.25, 0.3) is 0 Å². The Labute approximate surface area is 154 Å². The molecule has 0 saturated heterocycles. The fourth-order valence-corrected chi connectivity index (χ4v) is 2.56. The number of anilines is 2. The zero-order valence-corrected chi connectivity index (χ0v) is 15.0. The lowest BCUT2D eigenvalue weighted by Gasteiger charge is -2.11. The second-order valence-electron chi connectivity index (χ2n) is 5.72. The van der Waals surface area contributed by atoms with Crippen LogP contribution in [0.1, 0.15) is 11.1 Å². The summed E-state index contributed by atoms with van der Waals surface area (Å²) in [4.78, 5) is 9.30. The van der Waals surface area contributed by atoms with E-state index in [1.165, 1.54) is 0 Å². The van der Waals surface area contributed by atoms with Gasteiger partial charge in [0.05, 0.1) is 22.7 Å². The number of hydrogen-bond acceptors (Lipinski definition) is 4. The Morgan fingerprint density at radius 1 is 0.615 bits per heavy atom. The Balaban J connectivity index is 1.96. The summed E-state index contributed by atoms with van der Waals surface area (Å²) in [6.45, 7) is 0. The summed E-state index contributed by atoms with van der Waals surface area (Å²) in [7, 11) is 3.78. The predicted molar refractivity (Wildman–Crippen MR) is 113 cm³/mol. The minimum Gasteiger partial charge on any atom is -0.386 e. The van der Waals surface area contributed by atoms with Crippen LogP contribution >= 0.6 is 0 Å². The number of aliphatic imine (C=N–C) groups is 2. The van der Waals surface area contributed by atoms with Crippen molar-refractivity contribution in [3.8, 4) is 0 Å². The van der Waals surface area contributed by atoms with Crippen LogP contribution < -0.4 is 10.6 Å². The molecule has 0 aliphatic heterocycles. The zero-order chi connectivity index (χ0) is 18.2. The molecule has 0 atom stereocenters. The molecule has 0 amide bonds. The molecule has 3 aromatic carbocycles. The molecule has 0 aliphatic carbocycles. The first-order valence-electron chi connectivity index (χ1n) is 8.52. The highest BCUT2D eigenvalue weighted by Gasteiger charge is 2.07. The summed E-state index contributed by atoms with van der Waals surface area (Å²) >= 11 is 0. The van der Waals surface area contributed by atoms with Crippen LogP contribution in [-0.4, -0.2) is 26.5 Å². The number of benzene rings is 3. The molecule has 4 heteroatoms. The van der Waals surface area contributed by atoms with Gasteiger partial charge >= 0.3 is 0 Å². The Bertz CT molecular complexity index is 827. The van der Waals surface area contributed by atoms with Crippen molar-refractivity contribution in [2.45, 2.75) is 0 Å². The fraction of sp³-hybridized carbons (Fsp3) is 0.0909. The molecule has 3 rings (SSSR count). The predicted octanol–water partition coefficient (Wildman–Crippen LogP) is 5.27. The molecule has 0 spiro atoms. The Hall–Kier alpha value is -3.40. The van der Waals surface area contributed by atoms with Crippen LogP contribution in [0.2, 0.25) is 0 Å². The summed E-state index contributed by atoms with van der Waals surface area (Å²) in [6, 6.07) is 24.1. The third kappa shape index (κ3) is 4.36. The molecule has 0 fully saturated rings. The second kappa shape index (κ2) is 8.62. The van der Waals surface area contributed by atoms with Crippen LogP contribution in [0.25, 0.3) is 0 Å². The highest BCUT2D eigenvalue weighted by atomic mass is 14.9. The lowest BCUT2D eigenvalue weighted by Crippen LogP contribution is -1.94. The second-order valence-corrected chi connectivity index (χ2v) is 5.72. The first-order valence-corrected chi connectivity index (χ1v) is 8.52. The largest absolute Gasteiger partial charge is 0.386 e. The van der Waals surface area contributed by atoms with Crippen molar-refractivity contribution >= 4 is 35.2 Å². The quantitative estimate of drug-likeness (QED) is 0.599. The Morgan fingerprint density at radius 2 is 1.04 bits per heavy atom. The van der Waals surface area contributed by atoms with Crippen LogP contribution in [0.4, 0.5) is 22.7 Å². The van der Waals surface area contributed by atoms with Gasteiger partial charge in [0, 0.05) is 26.5 Å². The molecule has 0 unspecified atom stereocenters. The molecule has 3 aromatic rings. The van der Waals surface area contributed by atoms with Gasteiger partial charge in [-0.3, -0.25) is 9.98 Å². The molecule has 130 valence electrons. The highest BCUT2D eigenvalue weighted by Crippen LogP contribution is 2.36. The fourth-order valence-electron chi connectivity index (χ4n) is 2.56. The number of hydrogen-bond donors (Lipinski definition) is 2. The van der Waals surface area contributed by atoms with E-state index in [0.717, 1.165) is 33.9 Å². The third-order valence-corrected chi connectivity index (χ3v) is 3.96. The summed E-state index contributed by atoms with van der Waals surface area (Å²) in [6.07, 6.45) is 3.72. The molecule has 0 bridgehead atoms. The summed E-state index contributed by atoms with van der Waals surface area (Å²) in [5.41, 5.74) is 5.69. The van der Waals surface area contributed by atoms with Crippen molar-refractivity contribution in [1.29, 1.82) is 0 Å². The van der Waals surface area contributed by atoms with E-state index in [9.17, 15) is 0 Å². The molecular formula is C22H22N4.